The average molecular weight is 2000 g/mol. The van der Waals surface area contributed by atoms with Gasteiger partial charge in [0.05, 0.1) is 101 Å². The predicted octanol–water partition coefficient (Wildman–Crippen LogP) is -1.27. The number of hydrogen-bond donors (Lipinski definition) is 7. The number of nitrogen functional groups attached to an aromatic ring is 5. The van der Waals surface area contributed by atoms with Crippen LogP contribution in [-0.2, 0) is 159 Å². The number of imidazole rings is 4. The maximum atomic E-state index is 14.9. The monoisotopic (exact) mass is 2000 g/mol. The largest absolute Gasteiger partial charge is 0.780 e. The minimum atomic E-state index is -4.98. The van der Waals surface area contributed by atoms with Crippen molar-refractivity contribution in [1.82, 2.24) is 97.2 Å². The molecule has 6 fully saturated rings. The highest BCUT2D eigenvalue weighted by atomic mass is 32.7. The molecule has 6 aliphatic heterocycles. The van der Waals surface area contributed by atoms with E-state index >= 15 is 0 Å². The van der Waals surface area contributed by atoms with Crippen molar-refractivity contribution in [3.63, 3.8) is 0 Å². The lowest BCUT2D eigenvalue weighted by Gasteiger charge is -2.36. The molecule has 6 aliphatic rings. The van der Waals surface area contributed by atoms with Crippen LogP contribution >= 0.6 is 40.4 Å². The van der Waals surface area contributed by atoms with E-state index in [1.165, 1.54) is 84.2 Å². The van der Waals surface area contributed by atoms with E-state index in [1.807, 2.05) is 6.92 Å². The van der Waals surface area contributed by atoms with E-state index < -0.39 is 219 Å². The fourth-order valence-corrected chi connectivity index (χ4v) is 23.3. The number of aromatic amines is 2. The van der Waals surface area contributed by atoms with Gasteiger partial charge in [-0.05, 0) is 20.3 Å². The Morgan fingerprint density at radius 2 is 0.748 bits per heavy atom. The molecule has 0 saturated carbocycles. The van der Waals surface area contributed by atoms with E-state index in [0.717, 1.165) is 16.2 Å². The van der Waals surface area contributed by atoms with Crippen LogP contribution in [0, 0.1) is 13.8 Å². The number of nitrogens with two attached hydrogens (primary N) is 5. The van der Waals surface area contributed by atoms with E-state index in [-0.39, 0.29) is 94.0 Å². The summed E-state index contributed by atoms with van der Waals surface area (Å²) >= 11 is 32.6. The number of fused-ring (bicyclic) bond motifs is 4. The minimum absolute atomic E-state index is 0.0300. The van der Waals surface area contributed by atoms with Gasteiger partial charge in [0.1, 0.15) is 143 Å². The molecule has 6 unspecified atom stereocenters. The maximum Gasteiger partial charge on any atom is 0.351 e. The van der Waals surface area contributed by atoms with Gasteiger partial charge in [-0.15, -0.1) is 0 Å². The third kappa shape index (κ3) is 21.0. The van der Waals surface area contributed by atoms with Gasteiger partial charge in [0, 0.05) is 69.2 Å². The number of nitrogens with zero attached hydrogens (tertiary/aromatic N) is 18. The smallest absolute Gasteiger partial charge is 0.351 e. The van der Waals surface area contributed by atoms with Gasteiger partial charge < -0.3 is 148 Å². The molecular formula is C62H75N25O28P6S6-6. The number of H-pyrrole nitrogens is 2. The summed E-state index contributed by atoms with van der Waals surface area (Å²) in [6.07, 6.45) is -11.9. The minimum Gasteiger partial charge on any atom is -0.780 e. The zero-order chi connectivity index (χ0) is 90.3. The van der Waals surface area contributed by atoms with Gasteiger partial charge in [-0.1, -0.05) is 66.0 Å². The highest BCUT2D eigenvalue weighted by molar-refractivity contribution is 8.32. The Morgan fingerprint density at radius 1 is 0.417 bits per heavy atom. The summed E-state index contributed by atoms with van der Waals surface area (Å²) in [7, 11) is 1.07. The van der Waals surface area contributed by atoms with Gasteiger partial charge in [0.15, 0.2) is 52.4 Å². The SMILES string of the molecule is CC[C@H]1O[C@@H](n2cnc3c(N)ncnc32)C[C@H]1OP([O-])(=S)OC[C@H]1O[C@@H](n2cnc3c(N)ncnc32)C[C@H]1OP(=O)([S-])OC[C@H]1O[C@@H](n2cc(C)c(=O)[nH]c2=O)C[C@H]1OP([O-])(=S)OC[C@H]1O[C@@H](n2cc(C)c(N)nc2=O)C[C@H]1OP([O-])(=S)OC[C@H]1O[C@@H](n2cnc3c(=O)[nH]c(N)nc32)C[C@H]1OP([O-])(=S)OC[C@H]1O[C@@H](n2cnc3c(N)ncnc32)C[C@H]1OP([O-])(=S)OC. The maximum absolute atomic E-state index is 14.9. The Morgan fingerprint density at radius 3 is 1.14 bits per heavy atom. The van der Waals surface area contributed by atoms with Crippen LogP contribution in [0.15, 0.2) is 75.9 Å². The number of nitrogens with one attached hydrogen (secondary N) is 2. The fraction of sp³-hybridized carbons (Fsp3) is 0.548. The first-order valence-electron chi connectivity index (χ1n) is 38.0. The van der Waals surface area contributed by atoms with Crippen LogP contribution in [0.1, 0.15) is 100 Å². The lowest BCUT2D eigenvalue weighted by molar-refractivity contribution is -0.221. The van der Waals surface area contributed by atoms with Crippen LogP contribution in [0.4, 0.5) is 29.2 Å². The van der Waals surface area contributed by atoms with Crippen molar-refractivity contribution in [2.24, 2.45) is 0 Å². The summed E-state index contributed by atoms with van der Waals surface area (Å²) in [5, 5.41) is 0. The molecule has 10 aromatic rings. The van der Waals surface area contributed by atoms with Crippen molar-refractivity contribution in [1.29, 1.82) is 0 Å². The first-order chi connectivity index (χ1) is 60.2. The molecule has 127 heavy (non-hydrogen) atoms. The first-order valence-corrected chi connectivity index (χ1v) is 53.4. The number of anilines is 5. The van der Waals surface area contributed by atoms with Gasteiger partial charge in [0.25, 0.3) is 11.1 Å². The second-order valence-corrected chi connectivity index (χ2v) is 45.6. The molecule has 0 spiro atoms. The Labute approximate surface area is 744 Å². The third-order valence-electron chi connectivity index (χ3n) is 21.1. The third-order valence-corrected chi connectivity index (χ3v) is 30.6. The van der Waals surface area contributed by atoms with Crippen LogP contribution in [0.3, 0.4) is 0 Å². The summed E-state index contributed by atoms with van der Waals surface area (Å²) in [6, 6.07) is 0. The summed E-state index contributed by atoms with van der Waals surface area (Å²) in [5.41, 5.74) is 28.5. The Kier molecular flexibility index (Phi) is 27.7. The molecule has 6 saturated heterocycles. The van der Waals surface area contributed by atoms with Crippen LogP contribution in [0.2, 0.25) is 0 Å². The normalized spacial score (nSPS) is 29.3. The molecule has 16 rings (SSSR count). The van der Waals surface area contributed by atoms with Crippen LogP contribution < -0.4 is 75.6 Å². The highest BCUT2D eigenvalue weighted by Gasteiger charge is 2.48. The van der Waals surface area contributed by atoms with E-state index in [4.69, 9.17) is 183 Å². The highest BCUT2D eigenvalue weighted by Crippen LogP contribution is 2.56. The van der Waals surface area contributed by atoms with Crippen molar-refractivity contribution in [2.45, 2.75) is 176 Å². The summed E-state index contributed by atoms with van der Waals surface area (Å²) in [4.78, 5) is 179. The van der Waals surface area contributed by atoms with Gasteiger partial charge in [0.2, 0.25) is 5.95 Å². The second-order valence-electron chi connectivity index (χ2n) is 29.3. The molecule has 688 valence electrons. The van der Waals surface area contributed by atoms with Crippen molar-refractivity contribution >= 4 is 186 Å². The molecule has 0 bridgehead atoms. The van der Waals surface area contributed by atoms with E-state index in [1.54, 1.807) is 4.57 Å². The molecule has 16 heterocycles. The first kappa shape index (κ1) is 93.7. The Hall–Kier alpha value is -6.53. The van der Waals surface area contributed by atoms with Crippen LogP contribution in [0.5, 0.6) is 0 Å². The van der Waals surface area contributed by atoms with Gasteiger partial charge in [-0.25, -0.2) is 59.4 Å². The van der Waals surface area contributed by atoms with Crippen LogP contribution in [0.25, 0.3) is 44.7 Å². The predicted molar refractivity (Wildman–Crippen MR) is 449 cm³/mol. The zero-order valence-electron chi connectivity index (χ0n) is 66.1. The molecule has 53 nitrogen and oxygen atoms in total. The van der Waals surface area contributed by atoms with Crippen LogP contribution in [-0.4, -0.2) is 211 Å². The number of aryl methyl sites for hydroxylation is 2. The van der Waals surface area contributed by atoms with Gasteiger partial charge >= 0.3 is 11.4 Å². The number of rotatable bonds is 35. The van der Waals surface area contributed by atoms with Gasteiger partial charge in [-0.3, -0.25) is 51.5 Å². The quantitative estimate of drug-likeness (QED) is 0.0180. The van der Waals surface area contributed by atoms with Gasteiger partial charge in [-0.2, -0.15) is 9.97 Å². The topological polar surface area (TPSA) is 713 Å². The standard InChI is InChI=1S/C62H81N25O28P6S6/c1-5-28-29(6-42(104-28)84-22-74-46-51(64)68-19-71-54(46)84)111-117(93,123)99-17-38-33(10-44(108-38)86-24-76-48-53(66)70-21-73-56(48)86)114-121(97,127)102-16-37-32(8-41(106-37)83-13-27(3)58(88)81-62(83)91)113-118(94,124)101-15-36-31(7-40(105-36)82-12-26(2)50(63)78-61(82)90)112-119(95,125)103-18-39-34(11-45(109-39)87-25-77-49-57(87)79-60(67)80-59(49)89)115-120(96,126)100-14-35-30(110-116(92,122)98-4)9-43(107-35)85-23-75-47-52(65)69-20-72-55(47)85/h12-13,19-25,28-45H,5-11,14-18H2,1-4H3,(H,92,122)(H,93,123)(H,94,124)(H,95,125)(H,96,126)(H,97,127)(H2,63,78,90)(H2,64,68,71)(H2,65,69,72)(H2,66,70,73)(H,81,88,91)(H3,67,79,80,89)/p-6/t28-,29-,30-,31-,32-,33-,34-,35-,36-,37-,38-,39-,40-,41-,42-,43-,44-,45-,116?,117?,118?,119?,120?,121?/m1/s1. The lowest BCUT2D eigenvalue weighted by Crippen LogP contribution is -2.34. The fourth-order valence-electron chi connectivity index (χ4n) is 15.0. The van der Waals surface area contributed by atoms with Crippen molar-refractivity contribution in [2.75, 3.05) is 68.8 Å². The molecule has 0 aliphatic carbocycles. The summed E-state index contributed by atoms with van der Waals surface area (Å²) in [5.74, 6) is -0.203. The second kappa shape index (κ2) is 37.5. The number of hydrogen-bond acceptors (Lipinski definition) is 51. The molecule has 0 aromatic carbocycles. The zero-order valence-corrected chi connectivity index (χ0v) is 76.3. The molecule has 12 N–H and O–H groups in total. The Balaban J connectivity index is 0.609. The van der Waals surface area contributed by atoms with Crippen molar-refractivity contribution < 1.29 is 112 Å². The molecule has 0 amide bonds. The lowest BCUT2D eigenvalue weighted by atomic mass is 10.1. The van der Waals surface area contributed by atoms with Crippen molar-refractivity contribution in [3.05, 3.63) is 109 Å². The molecular weight excluding hydrogens is 1920 g/mol. The molecule has 24 atom stereocenters. The number of aromatic nitrogens is 20. The molecule has 10 aromatic heterocycles. The van der Waals surface area contributed by atoms with E-state index in [9.17, 15) is 48.2 Å². The number of ether oxygens (including phenoxy) is 6. The van der Waals surface area contributed by atoms with Crippen molar-refractivity contribution in [3.8, 4) is 0 Å². The Bertz CT molecular complexity index is 6400. The van der Waals surface area contributed by atoms with E-state index in [0.29, 0.717) is 23.1 Å². The summed E-state index contributed by atoms with van der Waals surface area (Å²) < 4.78 is 131. The molecule has 65 heteroatoms. The average Bonchev–Trinajstić information content (AvgIpc) is 1.66. The molecule has 0 radical (unpaired) electrons. The van der Waals surface area contributed by atoms with E-state index in [2.05, 4.69) is 69.8 Å². The summed E-state index contributed by atoms with van der Waals surface area (Å²) in [6.45, 7) is -27.4.